The Morgan fingerprint density at radius 3 is 2.58 bits per heavy atom. The molecule has 0 saturated carbocycles. The highest BCUT2D eigenvalue weighted by atomic mass is 28.2. The van der Waals surface area contributed by atoms with E-state index in [0.29, 0.717) is 5.04 Å². The van der Waals surface area contributed by atoms with Crippen molar-refractivity contribution in [1.82, 2.24) is 4.98 Å². The Bertz CT molecular complexity index is 225. The minimum atomic E-state index is 0.442. The van der Waals surface area contributed by atoms with Gasteiger partial charge in [-0.3, -0.25) is 4.98 Å². The van der Waals surface area contributed by atoms with E-state index in [0.717, 1.165) is 15.6 Å². The van der Waals surface area contributed by atoms with Gasteiger partial charge in [0.15, 0.2) is 0 Å². The van der Waals surface area contributed by atoms with Crippen LogP contribution in [0.1, 0.15) is 26.5 Å². The molecular weight excluding hydrogens is 162 g/mol. The van der Waals surface area contributed by atoms with Gasteiger partial charge < -0.3 is 0 Å². The number of nitrogens with zero attached hydrogens (tertiary/aromatic N) is 1. The topological polar surface area (TPSA) is 12.9 Å². The van der Waals surface area contributed by atoms with Crippen molar-refractivity contribution >= 4 is 9.52 Å². The average Bonchev–Trinajstić information content (AvgIpc) is 2.02. The maximum Gasteiger partial charge on any atom is 0.0515 e. The summed E-state index contributed by atoms with van der Waals surface area (Å²) in [4.78, 5) is 4.29. The van der Waals surface area contributed by atoms with Crippen LogP contribution in [0, 0.1) is 0 Å². The molecule has 2 radical (unpaired) electrons. The summed E-state index contributed by atoms with van der Waals surface area (Å²) in [6.45, 7) is 6.82. The minimum absolute atomic E-state index is 0.442. The Labute approximate surface area is 77.1 Å². The quantitative estimate of drug-likeness (QED) is 0.633. The van der Waals surface area contributed by atoms with E-state index in [1.54, 1.807) is 0 Å². The molecule has 0 aliphatic rings. The molecule has 1 heterocycles. The zero-order chi connectivity index (χ0) is 9.03. The highest BCUT2D eigenvalue weighted by molar-refractivity contribution is 6.38. The molecule has 1 aromatic heterocycles. The van der Waals surface area contributed by atoms with Crippen LogP contribution in [0.15, 0.2) is 24.4 Å². The van der Waals surface area contributed by atoms with Crippen molar-refractivity contribution in [2.75, 3.05) is 0 Å². The lowest BCUT2D eigenvalue weighted by molar-refractivity contribution is 0.747. The summed E-state index contributed by atoms with van der Waals surface area (Å²) in [7, 11) is 0.957. The SMILES string of the molecule is CC(C)(C)[Si]Cc1ccccn1. The first-order valence-electron chi connectivity index (χ1n) is 4.23. The lowest BCUT2D eigenvalue weighted by atomic mass is 10.2. The maximum atomic E-state index is 4.29. The molecule has 0 bridgehead atoms. The van der Waals surface area contributed by atoms with Crippen molar-refractivity contribution in [1.29, 1.82) is 0 Å². The molecule has 0 amide bonds. The van der Waals surface area contributed by atoms with Crippen molar-refractivity contribution in [2.45, 2.75) is 31.9 Å². The molecule has 0 spiro atoms. The summed E-state index contributed by atoms with van der Waals surface area (Å²) in [5.74, 6) is 0. The predicted octanol–water partition coefficient (Wildman–Crippen LogP) is 2.50. The Balaban J connectivity index is 2.44. The van der Waals surface area contributed by atoms with E-state index < -0.39 is 0 Å². The van der Waals surface area contributed by atoms with E-state index >= 15 is 0 Å². The molecule has 2 heteroatoms. The predicted molar refractivity (Wildman–Crippen MR) is 53.4 cm³/mol. The molecule has 1 nitrogen and oxygen atoms in total. The van der Waals surface area contributed by atoms with Gasteiger partial charge in [0.25, 0.3) is 0 Å². The van der Waals surface area contributed by atoms with Gasteiger partial charge in [0.1, 0.15) is 0 Å². The lowest BCUT2D eigenvalue weighted by Gasteiger charge is -2.15. The van der Waals surface area contributed by atoms with Crippen LogP contribution in [-0.2, 0) is 6.04 Å². The first-order valence-corrected chi connectivity index (χ1v) is 5.43. The average molecular weight is 177 g/mol. The van der Waals surface area contributed by atoms with Gasteiger partial charge in [0.05, 0.1) is 9.52 Å². The summed E-state index contributed by atoms with van der Waals surface area (Å²) in [6, 6.07) is 7.22. The Morgan fingerprint density at radius 2 is 2.08 bits per heavy atom. The summed E-state index contributed by atoms with van der Waals surface area (Å²) in [6.07, 6.45) is 1.86. The molecule has 1 aromatic rings. The number of hydrogen-bond acceptors (Lipinski definition) is 1. The number of hydrogen-bond donors (Lipinski definition) is 0. The van der Waals surface area contributed by atoms with E-state index in [1.165, 1.54) is 5.69 Å². The second kappa shape index (κ2) is 3.85. The Hall–Kier alpha value is -0.633. The molecule has 0 unspecified atom stereocenters. The third kappa shape index (κ3) is 3.67. The molecule has 0 saturated heterocycles. The lowest BCUT2D eigenvalue weighted by Crippen LogP contribution is -2.11. The molecule has 0 atom stereocenters. The summed E-state index contributed by atoms with van der Waals surface area (Å²) < 4.78 is 0. The van der Waals surface area contributed by atoms with Gasteiger partial charge >= 0.3 is 0 Å². The molecule has 0 aliphatic heterocycles. The zero-order valence-corrected chi connectivity index (χ0v) is 8.96. The molecule has 0 N–H and O–H groups in total. The van der Waals surface area contributed by atoms with Crippen LogP contribution in [0.3, 0.4) is 0 Å². The van der Waals surface area contributed by atoms with Gasteiger partial charge in [-0.05, 0) is 23.2 Å². The van der Waals surface area contributed by atoms with E-state index in [2.05, 4.69) is 37.9 Å². The molecule has 1 rings (SSSR count). The molecule has 64 valence electrons. The fourth-order valence-electron chi connectivity index (χ4n) is 0.858. The number of pyridine rings is 1. The van der Waals surface area contributed by atoms with Gasteiger partial charge in [-0.1, -0.05) is 26.8 Å². The van der Waals surface area contributed by atoms with Crippen molar-refractivity contribution < 1.29 is 0 Å². The van der Waals surface area contributed by atoms with Crippen molar-refractivity contribution in [2.24, 2.45) is 0 Å². The van der Waals surface area contributed by atoms with E-state index in [-0.39, 0.29) is 0 Å². The van der Waals surface area contributed by atoms with Crippen LogP contribution in [-0.4, -0.2) is 14.5 Å². The zero-order valence-electron chi connectivity index (χ0n) is 7.96. The minimum Gasteiger partial charge on any atom is -0.262 e. The third-order valence-electron chi connectivity index (χ3n) is 1.53. The molecule has 0 aliphatic carbocycles. The molecule has 12 heavy (non-hydrogen) atoms. The van der Waals surface area contributed by atoms with Crippen molar-refractivity contribution in [3.05, 3.63) is 30.1 Å². The highest BCUT2D eigenvalue weighted by Gasteiger charge is 2.11. The smallest absolute Gasteiger partial charge is 0.0515 e. The van der Waals surface area contributed by atoms with Crippen molar-refractivity contribution in [3.8, 4) is 0 Å². The first kappa shape index (κ1) is 9.45. The van der Waals surface area contributed by atoms with Gasteiger partial charge in [-0.2, -0.15) is 0 Å². The van der Waals surface area contributed by atoms with Crippen LogP contribution < -0.4 is 0 Å². The number of rotatable bonds is 2. The standard InChI is InChI=1S/C10H15NSi/c1-10(2,3)12-8-9-6-4-5-7-11-9/h4-7H,8H2,1-3H3. The van der Waals surface area contributed by atoms with Crippen LogP contribution in [0.5, 0.6) is 0 Å². The Kier molecular flexibility index (Phi) is 3.03. The first-order chi connectivity index (χ1) is 5.58. The van der Waals surface area contributed by atoms with Crippen LogP contribution >= 0.6 is 0 Å². The monoisotopic (exact) mass is 177 g/mol. The Morgan fingerprint density at radius 1 is 1.33 bits per heavy atom. The van der Waals surface area contributed by atoms with Gasteiger partial charge in [0.2, 0.25) is 0 Å². The summed E-state index contributed by atoms with van der Waals surface area (Å²) in [5.41, 5.74) is 1.21. The van der Waals surface area contributed by atoms with E-state index in [9.17, 15) is 0 Å². The maximum absolute atomic E-state index is 4.29. The highest BCUT2D eigenvalue weighted by Crippen LogP contribution is 2.20. The van der Waals surface area contributed by atoms with E-state index in [4.69, 9.17) is 0 Å². The van der Waals surface area contributed by atoms with Crippen LogP contribution in [0.25, 0.3) is 0 Å². The van der Waals surface area contributed by atoms with Gasteiger partial charge in [-0.25, -0.2) is 0 Å². The van der Waals surface area contributed by atoms with Crippen LogP contribution in [0.4, 0.5) is 0 Å². The summed E-state index contributed by atoms with van der Waals surface area (Å²) in [5, 5.41) is 0.442. The molecule has 0 fully saturated rings. The summed E-state index contributed by atoms with van der Waals surface area (Å²) >= 11 is 0. The fourth-order valence-corrected chi connectivity index (χ4v) is 1.78. The molecule has 0 aromatic carbocycles. The van der Waals surface area contributed by atoms with Gasteiger partial charge in [0, 0.05) is 11.9 Å². The normalized spacial score (nSPS) is 11.6. The van der Waals surface area contributed by atoms with E-state index in [1.807, 2.05) is 12.3 Å². The second-order valence-corrected chi connectivity index (χ2v) is 6.13. The van der Waals surface area contributed by atoms with Crippen molar-refractivity contribution in [3.63, 3.8) is 0 Å². The number of aromatic nitrogens is 1. The third-order valence-corrected chi connectivity index (χ3v) is 3.13. The largest absolute Gasteiger partial charge is 0.262 e. The van der Waals surface area contributed by atoms with Crippen LogP contribution in [0.2, 0.25) is 5.04 Å². The van der Waals surface area contributed by atoms with Gasteiger partial charge in [-0.15, -0.1) is 0 Å². The second-order valence-electron chi connectivity index (χ2n) is 3.92. The molecular formula is C10H15NSi. The fraction of sp³-hybridized carbons (Fsp3) is 0.500.